The van der Waals surface area contributed by atoms with Crippen molar-refractivity contribution < 1.29 is 13.2 Å². The van der Waals surface area contributed by atoms with Gasteiger partial charge in [0, 0.05) is 18.7 Å². The van der Waals surface area contributed by atoms with Gasteiger partial charge in [0.05, 0.1) is 17.7 Å². The number of hydrogen-bond donors (Lipinski definition) is 1. The smallest absolute Gasteiger partial charge is 0.243 e. The molecule has 1 aliphatic heterocycles. The van der Waals surface area contributed by atoms with Crippen molar-refractivity contribution in [1.82, 2.24) is 4.31 Å². The summed E-state index contributed by atoms with van der Waals surface area (Å²) in [5.74, 6) is 0.779. The maximum Gasteiger partial charge on any atom is 0.243 e. The SMILES string of the molecule is COc1cc(S(=O)(=O)N2CC(C)CC2C)ccc1N. The molecule has 1 heterocycles. The fourth-order valence-electron chi connectivity index (χ4n) is 2.58. The number of nitrogens with two attached hydrogens (primary N) is 1. The molecule has 5 nitrogen and oxygen atoms in total. The normalized spacial score (nSPS) is 24.6. The Kier molecular flexibility index (Phi) is 3.73. The van der Waals surface area contributed by atoms with Crippen molar-refractivity contribution in [3.8, 4) is 5.75 Å². The lowest BCUT2D eigenvalue weighted by atomic mass is 10.1. The molecule has 2 unspecified atom stereocenters. The van der Waals surface area contributed by atoms with E-state index in [0.29, 0.717) is 23.9 Å². The average molecular weight is 284 g/mol. The van der Waals surface area contributed by atoms with E-state index in [1.165, 1.54) is 19.2 Å². The zero-order chi connectivity index (χ0) is 14.2. The fraction of sp³-hybridized carbons (Fsp3) is 0.538. The van der Waals surface area contributed by atoms with E-state index in [9.17, 15) is 8.42 Å². The van der Waals surface area contributed by atoms with Crippen molar-refractivity contribution >= 4 is 15.7 Å². The molecule has 0 bridgehead atoms. The highest BCUT2D eigenvalue weighted by Gasteiger charge is 2.36. The molecule has 0 radical (unpaired) electrons. The average Bonchev–Trinajstić information content (AvgIpc) is 2.69. The van der Waals surface area contributed by atoms with Crippen LogP contribution in [0.1, 0.15) is 20.3 Å². The first kappa shape index (κ1) is 14.1. The summed E-state index contributed by atoms with van der Waals surface area (Å²) in [4.78, 5) is 0.236. The summed E-state index contributed by atoms with van der Waals surface area (Å²) in [6.45, 7) is 4.57. The van der Waals surface area contributed by atoms with Gasteiger partial charge in [0.1, 0.15) is 5.75 Å². The van der Waals surface area contributed by atoms with Crippen LogP contribution in [-0.2, 0) is 10.0 Å². The fourth-order valence-corrected chi connectivity index (χ4v) is 4.36. The molecule has 2 rings (SSSR count). The van der Waals surface area contributed by atoms with E-state index in [0.717, 1.165) is 6.42 Å². The number of ether oxygens (including phenoxy) is 1. The molecule has 2 N–H and O–H groups in total. The monoisotopic (exact) mass is 284 g/mol. The number of nitrogen functional groups attached to an aromatic ring is 1. The van der Waals surface area contributed by atoms with E-state index in [1.54, 1.807) is 10.4 Å². The van der Waals surface area contributed by atoms with Gasteiger partial charge in [-0.3, -0.25) is 0 Å². The van der Waals surface area contributed by atoms with Crippen LogP contribution in [0.2, 0.25) is 0 Å². The van der Waals surface area contributed by atoms with Crippen LogP contribution in [-0.4, -0.2) is 32.4 Å². The van der Waals surface area contributed by atoms with Crippen LogP contribution >= 0.6 is 0 Å². The van der Waals surface area contributed by atoms with Crippen molar-refractivity contribution in [2.24, 2.45) is 5.92 Å². The van der Waals surface area contributed by atoms with Gasteiger partial charge in [-0.2, -0.15) is 4.31 Å². The molecule has 6 heteroatoms. The summed E-state index contributed by atoms with van der Waals surface area (Å²) in [5, 5.41) is 0. The second kappa shape index (κ2) is 5.02. The molecule has 106 valence electrons. The van der Waals surface area contributed by atoms with Crippen LogP contribution in [0.25, 0.3) is 0 Å². The molecule has 0 aromatic heterocycles. The van der Waals surface area contributed by atoms with Gasteiger partial charge in [-0.05, 0) is 31.4 Å². The van der Waals surface area contributed by atoms with Crippen molar-refractivity contribution in [3.63, 3.8) is 0 Å². The highest BCUT2D eigenvalue weighted by molar-refractivity contribution is 7.89. The summed E-state index contributed by atoms with van der Waals surface area (Å²) in [6, 6.07) is 4.61. The zero-order valence-electron chi connectivity index (χ0n) is 11.5. The second-order valence-corrected chi connectivity index (χ2v) is 7.06. The highest BCUT2D eigenvalue weighted by atomic mass is 32.2. The van der Waals surface area contributed by atoms with Crippen LogP contribution in [0.5, 0.6) is 5.75 Å². The van der Waals surface area contributed by atoms with E-state index >= 15 is 0 Å². The van der Waals surface area contributed by atoms with Gasteiger partial charge in [-0.25, -0.2) is 8.42 Å². The number of methoxy groups -OCH3 is 1. The van der Waals surface area contributed by atoms with Gasteiger partial charge in [0.15, 0.2) is 0 Å². The molecular formula is C13H20N2O3S. The standard InChI is InChI=1S/C13H20N2O3S/c1-9-6-10(2)15(8-9)19(16,17)11-4-5-12(14)13(7-11)18-3/h4-5,7,9-10H,6,8,14H2,1-3H3. The van der Waals surface area contributed by atoms with Gasteiger partial charge in [-0.15, -0.1) is 0 Å². The Hall–Kier alpha value is -1.27. The van der Waals surface area contributed by atoms with Gasteiger partial charge < -0.3 is 10.5 Å². The van der Waals surface area contributed by atoms with E-state index in [4.69, 9.17) is 10.5 Å². The minimum absolute atomic E-state index is 0.0311. The van der Waals surface area contributed by atoms with E-state index in [1.807, 2.05) is 6.92 Å². The third-order valence-corrected chi connectivity index (χ3v) is 5.51. The molecule has 1 aromatic carbocycles. The van der Waals surface area contributed by atoms with Crippen molar-refractivity contribution in [3.05, 3.63) is 18.2 Å². The third-order valence-electron chi connectivity index (χ3n) is 3.54. The van der Waals surface area contributed by atoms with Crippen molar-refractivity contribution in [1.29, 1.82) is 0 Å². The first-order valence-corrected chi connectivity index (χ1v) is 7.75. The molecule has 0 spiro atoms. The molecule has 1 aliphatic rings. The number of hydrogen-bond acceptors (Lipinski definition) is 4. The minimum atomic E-state index is -3.47. The molecular weight excluding hydrogens is 264 g/mol. The topological polar surface area (TPSA) is 72.6 Å². The second-order valence-electron chi connectivity index (χ2n) is 5.17. The summed E-state index contributed by atoms with van der Waals surface area (Å²) >= 11 is 0. The Morgan fingerprint density at radius 2 is 2.05 bits per heavy atom. The lowest BCUT2D eigenvalue weighted by Crippen LogP contribution is -2.34. The largest absolute Gasteiger partial charge is 0.495 e. The van der Waals surface area contributed by atoms with Crippen LogP contribution in [0.3, 0.4) is 0 Å². The predicted octanol–water partition coefficient (Wildman–Crippen LogP) is 1.70. The van der Waals surface area contributed by atoms with Crippen LogP contribution in [0, 0.1) is 5.92 Å². The Bertz CT molecular complexity index is 571. The molecule has 1 fully saturated rings. The van der Waals surface area contributed by atoms with E-state index < -0.39 is 10.0 Å². The molecule has 0 amide bonds. The summed E-state index contributed by atoms with van der Waals surface area (Å²) < 4.78 is 31.8. The molecule has 2 atom stereocenters. The molecule has 1 aromatic rings. The molecule has 0 aliphatic carbocycles. The van der Waals surface area contributed by atoms with Gasteiger partial charge in [0.2, 0.25) is 10.0 Å². The maximum absolute atomic E-state index is 12.6. The van der Waals surface area contributed by atoms with Crippen LogP contribution in [0.4, 0.5) is 5.69 Å². The Morgan fingerprint density at radius 1 is 1.37 bits per heavy atom. The Morgan fingerprint density at radius 3 is 2.58 bits per heavy atom. The summed E-state index contributed by atoms with van der Waals surface area (Å²) in [7, 11) is -2.00. The quantitative estimate of drug-likeness (QED) is 0.857. The Balaban J connectivity index is 2.40. The highest BCUT2D eigenvalue weighted by Crippen LogP contribution is 2.32. The zero-order valence-corrected chi connectivity index (χ0v) is 12.3. The number of sulfonamides is 1. The summed E-state index contributed by atoms with van der Waals surface area (Å²) in [6.07, 6.45) is 0.894. The number of anilines is 1. The molecule has 1 saturated heterocycles. The summed E-state index contributed by atoms with van der Waals surface area (Å²) in [5.41, 5.74) is 6.15. The molecule has 0 saturated carbocycles. The van der Waals surface area contributed by atoms with Crippen LogP contribution < -0.4 is 10.5 Å². The van der Waals surface area contributed by atoms with Gasteiger partial charge in [0.25, 0.3) is 0 Å². The van der Waals surface area contributed by atoms with E-state index in [-0.39, 0.29) is 10.9 Å². The first-order valence-electron chi connectivity index (χ1n) is 6.31. The number of rotatable bonds is 3. The van der Waals surface area contributed by atoms with Crippen LogP contribution in [0.15, 0.2) is 23.1 Å². The predicted molar refractivity (Wildman–Crippen MR) is 74.5 cm³/mol. The third kappa shape index (κ3) is 2.55. The maximum atomic E-state index is 12.6. The number of benzene rings is 1. The van der Waals surface area contributed by atoms with Crippen molar-refractivity contribution in [2.45, 2.75) is 31.2 Å². The minimum Gasteiger partial charge on any atom is -0.495 e. The lowest BCUT2D eigenvalue weighted by Gasteiger charge is -2.21. The van der Waals surface area contributed by atoms with Gasteiger partial charge in [-0.1, -0.05) is 6.92 Å². The van der Waals surface area contributed by atoms with Gasteiger partial charge >= 0.3 is 0 Å². The van der Waals surface area contributed by atoms with Crippen molar-refractivity contribution in [2.75, 3.05) is 19.4 Å². The van der Waals surface area contributed by atoms with E-state index in [2.05, 4.69) is 6.92 Å². The number of nitrogens with zero attached hydrogens (tertiary/aromatic N) is 1. The molecule has 19 heavy (non-hydrogen) atoms. The first-order chi connectivity index (χ1) is 8.86. The lowest BCUT2D eigenvalue weighted by molar-refractivity contribution is 0.402. The Labute approximate surface area is 114 Å².